The van der Waals surface area contributed by atoms with Crippen molar-refractivity contribution in [3.63, 3.8) is 0 Å². The predicted molar refractivity (Wildman–Crippen MR) is 88.9 cm³/mol. The van der Waals surface area contributed by atoms with E-state index in [1.165, 1.54) is 4.68 Å². The van der Waals surface area contributed by atoms with Crippen LogP contribution in [0.15, 0.2) is 28.1 Å². The van der Waals surface area contributed by atoms with Crippen LogP contribution in [0.3, 0.4) is 0 Å². The first-order valence-electron chi connectivity index (χ1n) is 6.89. The van der Waals surface area contributed by atoms with Gasteiger partial charge in [-0.3, -0.25) is 4.79 Å². The summed E-state index contributed by atoms with van der Waals surface area (Å²) in [5.74, 6) is 0. The van der Waals surface area contributed by atoms with Gasteiger partial charge < -0.3 is 15.0 Å². The Kier molecular flexibility index (Phi) is 8.26. The highest BCUT2D eigenvalue weighted by Gasteiger charge is 2.08. The van der Waals surface area contributed by atoms with Crippen LogP contribution < -0.4 is 10.9 Å². The molecule has 1 aromatic heterocycles. The first kappa shape index (κ1) is 17.9. The van der Waals surface area contributed by atoms with Gasteiger partial charge in [-0.15, -0.1) is 6.58 Å². The molecule has 0 atom stereocenters. The lowest BCUT2D eigenvalue weighted by Gasteiger charge is -2.12. The third-order valence-electron chi connectivity index (χ3n) is 2.77. The fourth-order valence-corrected chi connectivity index (χ4v) is 2.02. The van der Waals surface area contributed by atoms with Crippen molar-refractivity contribution in [2.75, 3.05) is 45.7 Å². The number of likely N-dealkylation sites (N-methyl/N-ethyl adjacent to an activating group) is 1. The Bertz CT molecular complexity index is 502. The van der Waals surface area contributed by atoms with Crippen LogP contribution in [0, 0.1) is 0 Å². The van der Waals surface area contributed by atoms with Crippen LogP contribution in [0.1, 0.15) is 6.42 Å². The molecule has 0 aromatic carbocycles. The van der Waals surface area contributed by atoms with Gasteiger partial charge in [0.2, 0.25) is 0 Å². The van der Waals surface area contributed by atoms with E-state index in [1.807, 2.05) is 25.1 Å². The normalized spacial score (nSPS) is 10.9. The Morgan fingerprint density at radius 3 is 2.95 bits per heavy atom. The van der Waals surface area contributed by atoms with E-state index >= 15 is 0 Å². The van der Waals surface area contributed by atoms with E-state index in [0.717, 1.165) is 13.0 Å². The molecule has 1 heterocycles. The summed E-state index contributed by atoms with van der Waals surface area (Å²) in [4.78, 5) is 14.1. The summed E-state index contributed by atoms with van der Waals surface area (Å²) in [6.07, 6.45) is 4.32. The highest BCUT2D eigenvalue weighted by Crippen LogP contribution is 2.15. The number of aromatic nitrogens is 2. The molecule has 0 saturated carbocycles. The van der Waals surface area contributed by atoms with Gasteiger partial charge in [-0.05, 0) is 36.4 Å². The molecule has 0 saturated heterocycles. The molecule has 1 aromatic rings. The minimum absolute atomic E-state index is 0.130. The zero-order valence-corrected chi connectivity index (χ0v) is 14.2. The molecule has 0 bridgehead atoms. The average molecular weight is 359 g/mol. The van der Waals surface area contributed by atoms with Crippen LogP contribution in [0.4, 0.5) is 5.69 Å². The van der Waals surface area contributed by atoms with Crippen molar-refractivity contribution in [1.82, 2.24) is 14.7 Å². The second-order valence-corrected chi connectivity index (χ2v) is 5.61. The molecule has 0 radical (unpaired) electrons. The van der Waals surface area contributed by atoms with E-state index in [9.17, 15) is 4.79 Å². The van der Waals surface area contributed by atoms with Gasteiger partial charge in [0.25, 0.3) is 5.56 Å². The minimum Gasteiger partial charge on any atom is -0.380 e. The lowest BCUT2D eigenvalue weighted by atomic mass is 10.4. The highest BCUT2D eigenvalue weighted by molar-refractivity contribution is 9.10. The summed E-state index contributed by atoms with van der Waals surface area (Å²) in [5.41, 5.74) is 0.558. The monoisotopic (exact) mass is 358 g/mol. The number of rotatable bonds is 10. The van der Waals surface area contributed by atoms with Gasteiger partial charge in [0.05, 0.1) is 31.6 Å². The van der Waals surface area contributed by atoms with Crippen LogP contribution in [0.25, 0.3) is 0 Å². The maximum absolute atomic E-state index is 12.1. The van der Waals surface area contributed by atoms with Crippen LogP contribution in [0.5, 0.6) is 0 Å². The van der Waals surface area contributed by atoms with Gasteiger partial charge in [-0.1, -0.05) is 6.08 Å². The van der Waals surface area contributed by atoms with Crippen molar-refractivity contribution in [2.24, 2.45) is 0 Å². The zero-order valence-electron chi connectivity index (χ0n) is 12.6. The SMILES string of the molecule is C=CCCOCCNc1cnn(CCN(C)C)c(=O)c1Br. The van der Waals surface area contributed by atoms with Gasteiger partial charge in [-0.2, -0.15) is 5.10 Å². The molecule has 0 spiro atoms. The van der Waals surface area contributed by atoms with E-state index in [2.05, 4.69) is 32.9 Å². The van der Waals surface area contributed by atoms with Gasteiger partial charge in [-0.25, -0.2) is 4.68 Å². The Labute approximate surface area is 133 Å². The summed E-state index contributed by atoms with van der Waals surface area (Å²) in [7, 11) is 3.92. The zero-order chi connectivity index (χ0) is 15.7. The molecular formula is C14H23BrN4O2. The Balaban J connectivity index is 2.51. The summed E-state index contributed by atoms with van der Waals surface area (Å²) in [6.45, 7) is 6.82. The summed E-state index contributed by atoms with van der Waals surface area (Å²) < 4.78 is 7.35. The average Bonchev–Trinajstić information content (AvgIpc) is 2.45. The van der Waals surface area contributed by atoms with Crippen molar-refractivity contribution in [2.45, 2.75) is 13.0 Å². The molecule has 7 heteroatoms. The number of hydrogen-bond acceptors (Lipinski definition) is 5. The fraction of sp³-hybridized carbons (Fsp3) is 0.571. The van der Waals surface area contributed by atoms with Crippen molar-refractivity contribution in [3.05, 3.63) is 33.7 Å². The number of anilines is 1. The van der Waals surface area contributed by atoms with Gasteiger partial charge in [0.1, 0.15) is 4.47 Å². The van der Waals surface area contributed by atoms with Crippen LogP contribution >= 0.6 is 15.9 Å². The van der Waals surface area contributed by atoms with Gasteiger partial charge in [0.15, 0.2) is 0 Å². The molecule has 0 amide bonds. The molecule has 0 aliphatic heterocycles. The van der Waals surface area contributed by atoms with Gasteiger partial charge in [0, 0.05) is 13.1 Å². The number of halogens is 1. The molecular weight excluding hydrogens is 336 g/mol. The first-order valence-corrected chi connectivity index (χ1v) is 7.68. The largest absolute Gasteiger partial charge is 0.380 e. The third-order valence-corrected chi connectivity index (χ3v) is 3.54. The number of nitrogens with one attached hydrogen (secondary N) is 1. The Morgan fingerprint density at radius 1 is 1.52 bits per heavy atom. The molecule has 21 heavy (non-hydrogen) atoms. The van der Waals surface area contributed by atoms with E-state index in [1.54, 1.807) is 6.20 Å². The maximum Gasteiger partial charge on any atom is 0.283 e. The van der Waals surface area contributed by atoms with Crippen molar-refractivity contribution >= 4 is 21.6 Å². The minimum atomic E-state index is -0.130. The standard InChI is InChI=1S/C14H23BrN4O2/c1-4-5-9-21-10-6-16-12-11-17-19(8-7-18(2)3)14(20)13(12)15/h4,11,16H,1,5-10H2,2-3H3. The smallest absolute Gasteiger partial charge is 0.283 e. The lowest BCUT2D eigenvalue weighted by molar-refractivity contribution is 0.149. The number of ether oxygens (including phenoxy) is 1. The molecule has 6 nitrogen and oxygen atoms in total. The maximum atomic E-state index is 12.1. The highest BCUT2D eigenvalue weighted by atomic mass is 79.9. The number of hydrogen-bond donors (Lipinski definition) is 1. The van der Waals surface area contributed by atoms with Crippen LogP contribution in [-0.2, 0) is 11.3 Å². The van der Waals surface area contributed by atoms with Crippen molar-refractivity contribution < 1.29 is 4.74 Å². The topological polar surface area (TPSA) is 59.4 Å². The predicted octanol–water partition coefficient (Wildman–Crippen LogP) is 1.57. The first-order chi connectivity index (χ1) is 10.1. The fourth-order valence-electron chi connectivity index (χ4n) is 1.57. The quantitative estimate of drug-likeness (QED) is 0.508. The molecule has 0 aliphatic rings. The van der Waals surface area contributed by atoms with E-state index in [4.69, 9.17) is 4.74 Å². The molecule has 0 fully saturated rings. The summed E-state index contributed by atoms with van der Waals surface area (Å²) in [5, 5.41) is 7.31. The molecule has 0 unspecified atom stereocenters. The lowest BCUT2D eigenvalue weighted by Crippen LogP contribution is -2.29. The molecule has 0 aliphatic carbocycles. The van der Waals surface area contributed by atoms with Gasteiger partial charge >= 0.3 is 0 Å². The van der Waals surface area contributed by atoms with Crippen LogP contribution in [0.2, 0.25) is 0 Å². The second-order valence-electron chi connectivity index (χ2n) is 4.82. The number of nitrogens with zero attached hydrogens (tertiary/aromatic N) is 3. The van der Waals surface area contributed by atoms with Crippen molar-refractivity contribution in [3.8, 4) is 0 Å². The van der Waals surface area contributed by atoms with E-state index in [0.29, 0.717) is 36.5 Å². The van der Waals surface area contributed by atoms with Crippen LogP contribution in [-0.4, -0.2) is 55.1 Å². The summed E-state index contributed by atoms with van der Waals surface area (Å²) >= 11 is 3.33. The second kappa shape index (κ2) is 9.70. The molecule has 1 N–H and O–H groups in total. The van der Waals surface area contributed by atoms with E-state index in [-0.39, 0.29) is 5.56 Å². The summed E-state index contributed by atoms with van der Waals surface area (Å²) in [6, 6.07) is 0. The Hall–Kier alpha value is -1.18. The van der Waals surface area contributed by atoms with Crippen molar-refractivity contribution in [1.29, 1.82) is 0 Å². The Morgan fingerprint density at radius 2 is 2.29 bits per heavy atom. The molecule has 118 valence electrons. The molecule has 1 rings (SSSR count). The van der Waals surface area contributed by atoms with E-state index < -0.39 is 0 Å². The third kappa shape index (κ3) is 6.41.